The maximum Gasteiger partial charge on any atom is 0.335 e. The molecule has 1 aliphatic heterocycles. The van der Waals surface area contributed by atoms with Crippen molar-refractivity contribution in [1.29, 1.82) is 0 Å². The van der Waals surface area contributed by atoms with E-state index in [9.17, 15) is 9.18 Å². The summed E-state index contributed by atoms with van der Waals surface area (Å²) in [6.07, 6.45) is 2.42. The fourth-order valence-electron chi connectivity index (χ4n) is 3.04. The number of rotatable bonds is 6. The zero-order valence-electron chi connectivity index (χ0n) is 12.7. The minimum Gasteiger partial charge on any atom is -0.478 e. The summed E-state index contributed by atoms with van der Waals surface area (Å²) in [5, 5.41) is 8.85. The van der Waals surface area contributed by atoms with E-state index >= 15 is 0 Å². The normalized spacial score (nSPS) is 19.3. The van der Waals surface area contributed by atoms with Crippen LogP contribution in [-0.4, -0.2) is 53.6 Å². The van der Waals surface area contributed by atoms with Gasteiger partial charge in [0.1, 0.15) is 5.82 Å². The second-order valence-electron chi connectivity index (χ2n) is 5.73. The van der Waals surface area contributed by atoms with Crippen molar-refractivity contribution in [2.45, 2.75) is 32.4 Å². The van der Waals surface area contributed by atoms with Crippen LogP contribution in [0.2, 0.25) is 0 Å². The smallest absolute Gasteiger partial charge is 0.335 e. The number of nitrogens with zero attached hydrogens (tertiary/aromatic N) is 2. The number of hydrogen-bond acceptors (Lipinski definition) is 3. The van der Waals surface area contributed by atoms with Crippen molar-refractivity contribution in [1.82, 2.24) is 9.80 Å². The Bertz CT molecular complexity index is 507. The van der Waals surface area contributed by atoms with Crippen LogP contribution in [0.1, 0.15) is 35.7 Å². The van der Waals surface area contributed by atoms with Crippen molar-refractivity contribution < 1.29 is 14.3 Å². The molecule has 1 aliphatic rings. The van der Waals surface area contributed by atoms with Gasteiger partial charge in [-0.2, -0.15) is 0 Å². The maximum atomic E-state index is 13.9. The molecule has 4 nitrogen and oxygen atoms in total. The van der Waals surface area contributed by atoms with Gasteiger partial charge in [0, 0.05) is 24.7 Å². The molecular formula is C16H23FN2O2. The van der Waals surface area contributed by atoms with Gasteiger partial charge in [-0.15, -0.1) is 0 Å². The molecule has 0 aromatic heterocycles. The number of carbonyl (C=O) groups is 1. The molecule has 0 spiro atoms. The van der Waals surface area contributed by atoms with E-state index in [1.807, 2.05) is 7.05 Å². The summed E-state index contributed by atoms with van der Waals surface area (Å²) < 4.78 is 13.9. The van der Waals surface area contributed by atoms with Crippen LogP contribution in [0.3, 0.4) is 0 Å². The molecule has 1 fully saturated rings. The Morgan fingerprint density at radius 1 is 1.52 bits per heavy atom. The molecule has 1 atom stereocenters. The summed E-state index contributed by atoms with van der Waals surface area (Å²) >= 11 is 0. The topological polar surface area (TPSA) is 43.8 Å². The van der Waals surface area contributed by atoms with Gasteiger partial charge < -0.3 is 10.0 Å². The SMILES string of the molecule is CCN1CCCC1CN(C)Cc1ccc(C(=O)O)cc1F. The number of likely N-dealkylation sites (tertiary alicyclic amines) is 1. The van der Waals surface area contributed by atoms with Crippen LogP contribution in [0, 0.1) is 5.82 Å². The molecule has 0 aliphatic carbocycles. The third-order valence-electron chi connectivity index (χ3n) is 4.17. The maximum absolute atomic E-state index is 13.9. The molecule has 5 heteroatoms. The van der Waals surface area contributed by atoms with E-state index in [2.05, 4.69) is 16.7 Å². The highest BCUT2D eigenvalue weighted by Crippen LogP contribution is 2.19. The molecule has 1 aromatic rings. The van der Waals surface area contributed by atoms with E-state index in [4.69, 9.17) is 5.11 Å². The average molecular weight is 294 g/mol. The van der Waals surface area contributed by atoms with Gasteiger partial charge in [-0.1, -0.05) is 13.0 Å². The monoisotopic (exact) mass is 294 g/mol. The lowest BCUT2D eigenvalue weighted by molar-refractivity contribution is 0.0696. The minimum atomic E-state index is -1.10. The zero-order valence-corrected chi connectivity index (χ0v) is 12.7. The molecular weight excluding hydrogens is 271 g/mol. The molecule has 1 saturated heterocycles. The van der Waals surface area contributed by atoms with Gasteiger partial charge in [0.15, 0.2) is 0 Å². The number of carboxylic acid groups (broad SMARTS) is 1. The second-order valence-corrected chi connectivity index (χ2v) is 5.73. The Morgan fingerprint density at radius 2 is 2.29 bits per heavy atom. The minimum absolute atomic E-state index is 0.00754. The first-order valence-corrected chi connectivity index (χ1v) is 7.45. The quantitative estimate of drug-likeness (QED) is 0.875. The molecule has 2 rings (SSSR count). The Labute approximate surface area is 125 Å². The fourth-order valence-corrected chi connectivity index (χ4v) is 3.04. The lowest BCUT2D eigenvalue weighted by Crippen LogP contribution is -2.38. The Morgan fingerprint density at radius 3 is 2.90 bits per heavy atom. The number of likely N-dealkylation sites (N-methyl/N-ethyl adjacent to an activating group) is 2. The summed E-state index contributed by atoms with van der Waals surface area (Å²) in [5.74, 6) is -1.54. The van der Waals surface area contributed by atoms with Crippen LogP contribution in [0.5, 0.6) is 0 Å². The molecule has 0 bridgehead atoms. The summed E-state index contributed by atoms with van der Waals surface area (Å²) in [7, 11) is 1.98. The van der Waals surface area contributed by atoms with Gasteiger partial charge in [-0.25, -0.2) is 9.18 Å². The summed E-state index contributed by atoms with van der Waals surface area (Å²) in [6.45, 7) is 5.78. The second kappa shape index (κ2) is 7.00. The number of halogens is 1. The lowest BCUT2D eigenvalue weighted by atomic mass is 10.1. The molecule has 0 radical (unpaired) electrons. The molecule has 21 heavy (non-hydrogen) atoms. The molecule has 1 heterocycles. The molecule has 0 amide bonds. The first-order chi connectivity index (χ1) is 10.0. The molecule has 116 valence electrons. The van der Waals surface area contributed by atoms with Gasteiger partial charge in [-0.3, -0.25) is 4.90 Å². The van der Waals surface area contributed by atoms with E-state index in [-0.39, 0.29) is 5.56 Å². The summed E-state index contributed by atoms with van der Waals surface area (Å²) in [6, 6.07) is 4.67. The molecule has 1 aromatic carbocycles. The summed E-state index contributed by atoms with van der Waals surface area (Å²) in [4.78, 5) is 15.4. The lowest BCUT2D eigenvalue weighted by Gasteiger charge is -2.27. The van der Waals surface area contributed by atoms with Crippen molar-refractivity contribution in [2.75, 3.05) is 26.7 Å². The van der Waals surface area contributed by atoms with Crippen LogP contribution < -0.4 is 0 Å². The van der Waals surface area contributed by atoms with E-state index in [0.29, 0.717) is 18.2 Å². The van der Waals surface area contributed by atoms with Crippen LogP contribution >= 0.6 is 0 Å². The Balaban J connectivity index is 1.96. The number of aromatic carboxylic acids is 1. The highest BCUT2D eigenvalue weighted by atomic mass is 19.1. The van der Waals surface area contributed by atoms with E-state index in [1.165, 1.54) is 18.9 Å². The fraction of sp³-hybridized carbons (Fsp3) is 0.562. The van der Waals surface area contributed by atoms with Crippen LogP contribution in [0.25, 0.3) is 0 Å². The average Bonchev–Trinajstić information content (AvgIpc) is 2.87. The highest BCUT2D eigenvalue weighted by Gasteiger charge is 2.24. The van der Waals surface area contributed by atoms with E-state index < -0.39 is 11.8 Å². The van der Waals surface area contributed by atoms with Gasteiger partial charge in [0.2, 0.25) is 0 Å². The van der Waals surface area contributed by atoms with E-state index in [1.54, 1.807) is 6.07 Å². The van der Waals surface area contributed by atoms with Crippen LogP contribution in [0.4, 0.5) is 4.39 Å². The standard InChI is InChI=1S/C16H23FN2O2/c1-3-19-8-4-5-14(19)11-18(2)10-13-7-6-12(16(20)21)9-15(13)17/h6-7,9,14H,3-5,8,10-11H2,1-2H3,(H,20,21). The largest absolute Gasteiger partial charge is 0.478 e. The van der Waals surface area contributed by atoms with Crippen molar-refractivity contribution in [2.24, 2.45) is 0 Å². The summed E-state index contributed by atoms with van der Waals surface area (Å²) in [5.41, 5.74) is 0.537. The van der Waals surface area contributed by atoms with Crippen LogP contribution in [-0.2, 0) is 6.54 Å². The van der Waals surface area contributed by atoms with E-state index in [0.717, 1.165) is 25.7 Å². The van der Waals surface area contributed by atoms with Crippen molar-refractivity contribution in [3.8, 4) is 0 Å². The molecule has 0 saturated carbocycles. The van der Waals surface area contributed by atoms with Crippen LogP contribution in [0.15, 0.2) is 18.2 Å². The predicted octanol–water partition coefficient (Wildman–Crippen LogP) is 2.44. The molecule has 1 unspecified atom stereocenters. The Kier molecular flexibility index (Phi) is 5.31. The number of benzene rings is 1. The first kappa shape index (κ1) is 15.9. The van der Waals surface area contributed by atoms with Crippen molar-refractivity contribution >= 4 is 5.97 Å². The predicted molar refractivity (Wildman–Crippen MR) is 80.0 cm³/mol. The third-order valence-corrected chi connectivity index (χ3v) is 4.17. The first-order valence-electron chi connectivity index (χ1n) is 7.45. The molecule has 1 N–H and O–H groups in total. The van der Waals surface area contributed by atoms with Gasteiger partial charge >= 0.3 is 5.97 Å². The number of hydrogen-bond donors (Lipinski definition) is 1. The van der Waals surface area contributed by atoms with Crippen molar-refractivity contribution in [3.63, 3.8) is 0 Å². The highest BCUT2D eigenvalue weighted by molar-refractivity contribution is 5.87. The third kappa shape index (κ3) is 4.02. The van der Waals surface area contributed by atoms with Gasteiger partial charge in [0.05, 0.1) is 5.56 Å². The van der Waals surface area contributed by atoms with Gasteiger partial charge in [-0.05, 0) is 45.1 Å². The van der Waals surface area contributed by atoms with Gasteiger partial charge in [0.25, 0.3) is 0 Å². The van der Waals surface area contributed by atoms with Crippen molar-refractivity contribution in [3.05, 3.63) is 35.1 Å². The Hall–Kier alpha value is -1.46. The number of carboxylic acids is 1. The zero-order chi connectivity index (χ0) is 15.4.